The lowest BCUT2D eigenvalue weighted by Crippen LogP contribution is -2.41. The molecular weight excluding hydrogens is 304 g/mol. The molecule has 1 aromatic rings. The number of carbonyl (C=O) groups is 1. The van der Waals surface area contributed by atoms with Gasteiger partial charge in [-0.1, -0.05) is 40.2 Å². The van der Waals surface area contributed by atoms with Crippen molar-refractivity contribution in [1.29, 1.82) is 0 Å². The van der Waals surface area contributed by atoms with Gasteiger partial charge < -0.3 is 11.1 Å². The van der Waals surface area contributed by atoms with E-state index in [1.54, 1.807) is 0 Å². The molecule has 19 heavy (non-hydrogen) atoms. The SMILES string of the molecule is NC1CCC(NC(=O)Cc2ccc(CBr)cc2)CC1. The number of alkyl halides is 1. The number of hydrogen-bond acceptors (Lipinski definition) is 2. The van der Waals surface area contributed by atoms with Crippen LogP contribution in [0.4, 0.5) is 0 Å². The Kier molecular flexibility index (Phi) is 5.40. The Morgan fingerprint density at radius 2 is 1.74 bits per heavy atom. The number of carbonyl (C=O) groups excluding carboxylic acids is 1. The molecule has 1 aromatic carbocycles. The molecule has 0 atom stereocenters. The minimum absolute atomic E-state index is 0.118. The second-order valence-electron chi connectivity index (χ2n) is 5.31. The van der Waals surface area contributed by atoms with E-state index in [0.29, 0.717) is 18.5 Å². The lowest BCUT2D eigenvalue weighted by molar-refractivity contribution is -0.121. The minimum atomic E-state index is 0.118. The molecule has 0 aromatic heterocycles. The Morgan fingerprint density at radius 1 is 1.16 bits per heavy atom. The van der Waals surface area contributed by atoms with Crippen molar-refractivity contribution in [1.82, 2.24) is 5.32 Å². The van der Waals surface area contributed by atoms with Crippen LogP contribution in [0.5, 0.6) is 0 Å². The van der Waals surface area contributed by atoms with Gasteiger partial charge in [0.2, 0.25) is 5.91 Å². The molecule has 4 heteroatoms. The highest BCUT2D eigenvalue weighted by Gasteiger charge is 2.19. The van der Waals surface area contributed by atoms with Crippen LogP contribution in [-0.2, 0) is 16.5 Å². The molecule has 2 rings (SSSR count). The van der Waals surface area contributed by atoms with Crippen molar-refractivity contribution in [2.24, 2.45) is 5.73 Å². The maximum Gasteiger partial charge on any atom is 0.224 e. The van der Waals surface area contributed by atoms with E-state index < -0.39 is 0 Å². The van der Waals surface area contributed by atoms with Gasteiger partial charge in [0.1, 0.15) is 0 Å². The molecule has 1 saturated carbocycles. The highest BCUT2D eigenvalue weighted by atomic mass is 79.9. The molecule has 3 N–H and O–H groups in total. The highest BCUT2D eigenvalue weighted by Crippen LogP contribution is 2.17. The van der Waals surface area contributed by atoms with Crippen molar-refractivity contribution in [3.8, 4) is 0 Å². The first-order valence-corrected chi connectivity index (χ1v) is 7.98. The van der Waals surface area contributed by atoms with E-state index in [2.05, 4.69) is 33.4 Å². The lowest BCUT2D eigenvalue weighted by atomic mass is 9.91. The average Bonchev–Trinajstić information content (AvgIpc) is 2.42. The van der Waals surface area contributed by atoms with Crippen molar-refractivity contribution < 1.29 is 4.79 Å². The number of halogens is 1. The van der Waals surface area contributed by atoms with Gasteiger partial charge in [0.15, 0.2) is 0 Å². The first kappa shape index (κ1) is 14.5. The summed E-state index contributed by atoms with van der Waals surface area (Å²) in [5.41, 5.74) is 8.15. The van der Waals surface area contributed by atoms with E-state index >= 15 is 0 Å². The van der Waals surface area contributed by atoms with Crippen molar-refractivity contribution in [2.75, 3.05) is 0 Å². The van der Waals surface area contributed by atoms with Crippen LogP contribution in [0.1, 0.15) is 36.8 Å². The van der Waals surface area contributed by atoms with Crippen LogP contribution in [0.15, 0.2) is 24.3 Å². The summed E-state index contributed by atoms with van der Waals surface area (Å²) >= 11 is 3.41. The van der Waals surface area contributed by atoms with Crippen molar-refractivity contribution >= 4 is 21.8 Å². The molecule has 1 aliphatic carbocycles. The Hall–Kier alpha value is -0.870. The van der Waals surface area contributed by atoms with Crippen LogP contribution >= 0.6 is 15.9 Å². The minimum Gasteiger partial charge on any atom is -0.353 e. The summed E-state index contributed by atoms with van der Waals surface area (Å²) in [5.74, 6) is 0.118. The summed E-state index contributed by atoms with van der Waals surface area (Å²) in [6.07, 6.45) is 4.52. The summed E-state index contributed by atoms with van der Waals surface area (Å²) in [4.78, 5) is 12.0. The van der Waals surface area contributed by atoms with Gasteiger partial charge in [0, 0.05) is 17.4 Å². The maximum absolute atomic E-state index is 12.0. The van der Waals surface area contributed by atoms with Crippen LogP contribution in [-0.4, -0.2) is 18.0 Å². The fourth-order valence-corrected chi connectivity index (χ4v) is 2.85. The summed E-state index contributed by atoms with van der Waals surface area (Å²) < 4.78 is 0. The lowest BCUT2D eigenvalue weighted by Gasteiger charge is -2.26. The third kappa shape index (κ3) is 4.62. The van der Waals surface area contributed by atoms with Crippen molar-refractivity contribution in [3.63, 3.8) is 0 Å². The first-order valence-electron chi connectivity index (χ1n) is 6.86. The van der Waals surface area contributed by atoms with E-state index in [4.69, 9.17) is 5.73 Å². The molecule has 0 unspecified atom stereocenters. The summed E-state index contributed by atoms with van der Waals surface area (Å²) in [7, 11) is 0. The molecule has 1 amide bonds. The second kappa shape index (κ2) is 7.06. The smallest absolute Gasteiger partial charge is 0.224 e. The fraction of sp³-hybridized carbons (Fsp3) is 0.533. The molecular formula is C15H21BrN2O. The van der Waals surface area contributed by atoms with Gasteiger partial charge >= 0.3 is 0 Å². The Labute approximate surface area is 123 Å². The number of amides is 1. The maximum atomic E-state index is 12.0. The summed E-state index contributed by atoms with van der Waals surface area (Å²) in [5, 5.41) is 3.96. The van der Waals surface area contributed by atoms with Crippen molar-refractivity contribution in [2.45, 2.75) is 49.5 Å². The molecule has 104 valence electrons. The third-order valence-electron chi connectivity index (χ3n) is 3.68. The van der Waals surface area contributed by atoms with Crippen LogP contribution in [0.2, 0.25) is 0 Å². The topological polar surface area (TPSA) is 55.1 Å². The zero-order valence-corrected chi connectivity index (χ0v) is 12.7. The van der Waals surface area contributed by atoms with E-state index in [0.717, 1.165) is 36.6 Å². The van der Waals surface area contributed by atoms with E-state index in [1.807, 2.05) is 12.1 Å². The molecule has 0 radical (unpaired) electrons. The molecule has 3 nitrogen and oxygen atoms in total. The molecule has 0 saturated heterocycles. The number of rotatable bonds is 4. The van der Waals surface area contributed by atoms with E-state index in [-0.39, 0.29) is 5.91 Å². The Bertz CT molecular complexity index is 411. The average molecular weight is 325 g/mol. The Morgan fingerprint density at radius 3 is 2.32 bits per heavy atom. The molecule has 1 aliphatic rings. The van der Waals surface area contributed by atoms with Gasteiger partial charge in [-0.2, -0.15) is 0 Å². The largest absolute Gasteiger partial charge is 0.353 e. The predicted molar refractivity (Wildman–Crippen MR) is 81.2 cm³/mol. The second-order valence-corrected chi connectivity index (χ2v) is 5.87. The molecule has 0 bridgehead atoms. The number of nitrogens with one attached hydrogen (secondary N) is 1. The van der Waals surface area contributed by atoms with Gasteiger partial charge in [-0.3, -0.25) is 4.79 Å². The number of benzene rings is 1. The third-order valence-corrected chi connectivity index (χ3v) is 4.33. The molecule has 1 fully saturated rings. The van der Waals surface area contributed by atoms with E-state index in [9.17, 15) is 4.79 Å². The highest BCUT2D eigenvalue weighted by molar-refractivity contribution is 9.08. The molecule has 0 heterocycles. The predicted octanol–water partition coefficient (Wildman–Crippen LogP) is 2.51. The van der Waals surface area contributed by atoms with Crippen molar-refractivity contribution in [3.05, 3.63) is 35.4 Å². The zero-order valence-electron chi connectivity index (χ0n) is 11.1. The van der Waals surface area contributed by atoms with Crippen LogP contribution < -0.4 is 11.1 Å². The molecule has 0 aliphatic heterocycles. The Balaban J connectivity index is 1.80. The first-order chi connectivity index (χ1) is 9.17. The monoisotopic (exact) mass is 324 g/mol. The van der Waals surface area contributed by atoms with Gasteiger partial charge in [0.05, 0.1) is 6.42 Å². The normalized spacial score (nSPS) is 23.1. The van der Waals surface area contributed by atoms with Crippen LogP contribution in [0.25, 0.3) is 0 Å². The van der Waals surface area contributed by atoms with E-state index in [1.165, 1.54) is 5.56 Å². The van der Waals surface area contributed by atoms with Gasteiger partial charge in [-0.25, -0.2) is 0 Å². The quantitative estimate of drug-likeness (QED) is 0.836. The fourth-order valence-electron chi connectivity index (χ4n) is 2.47. The summed E-state index contributed by atoms with van der Waals surface area (Å²) in [6, 6.07) is 8.78. The van der Waals surface area contributed by atoms with Gasteiger partial charge in [-0.15, -0.1) is 0 Å². The summed E-state index contributed by atoms with van der Waals surface area (Å²) in [6.45, 7) is 0. The van der Waals surface area contributed by atoms with Gasteiger partial charge in [-0.05, 0) is 36.8 Å². The van der Waals surface area contributed by atoms with Gasteiger partial charge in [0.25, 0.3) is 0 Å². The number of nitrogens with two attached hydrogens (primary N) is 1. The number of hydrogen-bond donors (Lipinski definition) is 2. The van der Waals surface area contributed by atoms with Crippen LogP contribution in [0, 0.1) is 0 Å². The standard InChI is InChI=1S/C15H21BrN2O/c16-10-12-3-1-11(2-4-12)9-15(19)18-14-7-5-13(17)6-8-14/h1-4,13-14H,5-10,17H2,(H,18,19). The van der Waals surface area contributed by atoms with Crippen LogP contribution in [0.3, 0.4) is 0 Å². The molecule has 0 spiro atoms. The zero-order chi connectivity index (χ0) is 13.7.